The molecule has 3 nitrogen and oxygen atoms in total. The van der Waals surface area contributed by atoms with Crippen LogP contribution in [-0.4, -0.2) is 18.4 Å². The summed E-state index contributed by atoms with van der Waals surface area (Å²) in [5.74, 6) is -0.241. The van der Waals surface area contributed by atoms with Crippen LogP contribution >= 0.6 is 27.7 Å². The zero-order chi connectivity index (χ0) is 14.4. The molecule has 2 aromatic carbocycles. The lowest BCUT2D eigenvalue weighted by Crippen LogP contribution is -2.18. The maximum absolute atomic E-state index is 11.9. The molecule has 0 saturated carbocycles. The maximum atomic E-state index is 11.9. The number of hydrazone groups is 1. The zero-order valence-corrected chi connectivity index (χ0v) is 13.2. The molecule has 20 heavy (non-hydrogen) atoms. The first-order valence-electron chi connectivity index (χ1n) is 5.92. The minimum Gasteiger partial charge on any atom is -0.267 e. The summed E-state index contributed by atoms with van der Waals surface area (Å²) >= 11 is 5.02. The van der Waals surface area contributed by atoms with E-state index < -0.39 is 0 Å². The largest absolute Gasteiger partial charge is 0.272 e. The van der Waals surface area contributed by atoms with Crippen molar-refractivity contribution >= 4 is 39.8 Å². The van der Waals surface area contributed by atoms with Gasteiger partial charge in [-0.25, -0.2) is 5.43 Å². The molecular weight excluding hydrogens is 336 g/mol. The fourth-order valence-electron chi connectivity index (χ4n) is 1.56. The van der Waals surface area contributed by atoms with Gasteiger partial charge in [0.05, 0.1) is 11.8 Å². The Bertz CT molecular complexity index is 626. The number of benzene rings is 2. The number of thioether (sulfide) groups is 1. The van der Waals surface area contributed by atoms with Crippen molar-refractivity contribution in [3.8, 4) is 0 Å². The van der Waals surface area contributed by atoms with Crippen molar-refractivity contribution in [3.63, 3.8) is 0 Å². The maximum Gasteiger partial charge on any atom is 0.272 e. The topological polar surface area (TPSA) is 41.5 Å². The number of halogens is 1. The van der Waals surface area contributed by atoms with Crippen molar-refractivity contribution < 1.29 is 4.79 Å². The molecule has 0 spiro atoms. The van der Waals surface area contributed by atoms with Crippen LogP contribution in [0.2, 0.25) is 0 Å². The Kier molecular flexibility index (Phi) is 5.38. The van der Waals surface area contributed by atoms with Crippen LogP contribution in [0.3, 0.4) is 0 Å². The van der Waals surface area contributed by atoms with Gasteiger partial charge in [0.25, 0.3) is 5.91 Å². The molecule has 0 bridgehead atoms. The second kappa shape index (κ2) is 7.26. The number of carbonyl (C=O) groups excluding carboxylic acids is 1. The molecule has 0 aliphatic heterocycles. The molecule has 0 atom stereocenters. The van der Waals surface area contributed by atoms with Gasteiger partial charge in [0.1, 0.15) is 0 Å². The van der Waals surface area contributed by atoms with E-state index in [1.807, 2.05) is 48.7 Å². The molecule has 0 saturated heterocycles. The Balaban J connectivity index is 1.99. The van der Waals surface area contributed by atoms with Gasteiger partial charge in [0.2, 0.25) is 0 Å². The summed E-state index contributed by atoms with van der Waals surface area (Å²) in [4.78, 5) is 13.1. The number of nitrogens with zero attached hydrogens (tertiary/aromatic N) is 1. The van der Waals surface area contributed by atoms with Crippen LogP contribution in [0.4, 0.5) is 0 Å². The predicted octanol–water partition coefficient (Wildman–Crippen LogP) is 3.93. The summed E-state index contributed by atoms with van der Waals surface area (Å²) in [5.41, 5.74) is 4.01. The summed E-state index contributed by atoms with van der Waals surface area (Å²) < 4.78 is 0.747. The van der Waals surface area contributed by atoms with E-state index in [4.69, 9.17) is 0 Å². The zero-order valence-electron chi connectivity index (χ0n) is 10.8. The van der Waals surface area contributed by atoms with Gasteiger partial charge in [0, 0.05) is 9.37 Å². The van der Waals surface area contributed by atoms with Crippen LogP contribution in [-0.2, 0) is 0 Å². The lowest BCUT2D eigenvalue weighted by molar-refractivity contribution is 0.0954. The number of rotatable bonds is 4. The molecule has 0 unspecified atom stereocenters. The van der Waals surface area contributed by atoms with E-state index in [2.05, 4.69) is 26.5 Å². The average Bonchev–Trinajstić information content (AvgIpc) is 2.48. The average molecular weight is 349 g/mol. The molecule has 0 fully saturated rings. The van der Waals surface area contributed by atoms with Crippen LogP contribution in [0.15, 0.2) is 63.0 Å². The van der Waals surface area contributed by atoms with Crippen LogP contribution in [0.25, 0.3) is 0 Å². The highest BCUT2D eigenvalue weighted by Crippen LogP contribution is 2.15. The van der Waals surface area contributed by atoms with E-state index in [-0.39, 0.29) is 5.91 Å². The van der Waals surface area contributed by atoms with Gasteiger partial charge in [-0.2, -0.15) is 5.10 Å². The minimum atomic E-state index is -0.241. The van der Waals surface area contributed by atoms with Crippen LogP contribution in [0.5, 0.6) is 0 Å². The summed E-state index contributed by atoms with van der Waals surface area (Å²) in [7, 11) is 0. The quantitative estimate of drug-likeness (QED) is 0.516. The van der Waals surface area contributed by atoms with Gasteiger partial charge in [-0.1, -0.05) is 24.3 Å². The first kappa shape index (κ1) is 14.8. The molecule has 5 heteroatoms. The highest BCUT2D eigenvalue weighted by atomic mass is 79.9. The molecule has 2 rings (SSSR count). The highest BCUT2D eigenvalue weighted by Gasteiger charge is 2.07. The third kappa shape index (κ3) is 3.95. The molecule has 2 aromatic rings. The normalized spacial score (nSPS) is 10.7. The van der Waals surface area contributed by atoms with E-state index in [0.29, 0.717) is 5.56 Å². The smallest absolute Gasteiger partial charge is 0.267 e. The Morgan fingerprint density at radius 3 is 2.55 bits per heavy atom. The Hall–Kier alpha value is -1.59. The molecule has 0 heterocycles. The Morgan fingerprint density at radius 1 is 1.20 bits per heavy atom. The molecule has 102 valence electrons. The summed E-state index contributed by atoms with van der Waals surface area (Å²) in [6.07, 6.45) is 3.65. The fraction of sp³-hybridized carbons (Fsp3) is 0.0667. The lowest BCUT2D eigenvalue weighted by atomic mass is 10.2. The van der Waals surface area contributed by atoms with Gasteiger partial charge >= 0.3 is 0 Å². The third-order valence-electron chi connectivity index (χ3n) is 2.61. The van der Waals surface area contributed by atoms with E-state index in [0.717, 1.165) is 10.0 Å². The SMILES string of the molecule is CSc1ccc(/C=N\NC(=O)c2ccccc2Br)cc1. The number of carbonyl (C=O) groups is 1. The Morgan fingerprint density at radius 2 is 1.90 bits per heavy atom. The van der Waals surface area contributed by atoms with Gasteiger partial charge in [-0.3, -0.25) is 4.79 Å². The number of amides is 1. The Labute approximate surface area is 130 Å². The molecule has 1 N–H and O–H groups in total. The van der Waals surface area contributed by atoms with Gasteiger partial charge in [0.15, 0.2) is 0 Å². The van der Waals surface area contributed by atoms with Crippen molar-refractivity contribution in [2.24, 2.45) is 5.10 Å². The number of hydrogen-bond acceptors (Lipinski definition) is 3. The van der Waals surface area contributed by atoms with Gasteiger partial charge < -0.3 is 0 Å². The van der Waals surface area contributed by atoms with Crippen molar-refractivity contribution in [3.05, 3.63) is 64.1 Å². The second-order valence-corrected chi connectivity index (χ2v) is 5.69. The van der Waals surface area contributed by atoms with E-state index in [1.165, 1.54) is 4.90 Å². The minimum absolute atomic E-state index is 0.241. The molecule has 0 radical (unpaired) electrons. The van der Waals surface area contributed by atoms with Crippen LogP contribution in [0, 0.1) is 0 Å². The third-order valence-corrected chi connectivity index (χ3v) is 4.05. The van der Waals surface area contributed by atoms with Gasteiger partial charge in [-0.05, 0) is 52.0 Å². The summed E-state index contributed by atoms with van der Waals surface area (Å²) in [5, 5.41) is 3.96. The molecule has 0 aliphatic rings. The van der Waals surface area contributed by atoms with Crippen molar-refractivity contribution in [2.45, 2.75) is 4.90 Å². The van der Waals surface area contributed by atoms with E-state index >= 15 is 0 Å². The van der Waals surface area contributed by atoms with Crippen LogP contribution in [0.1, 0.15) is 15.9 Å². The fourth-order valence-corrected chi connectivity index (χ4v) is 2.43. The molecule has 0 aliphatic carbocycles. The van der Waals surface area contributed by atoms with E-state index in [1.54, 1.807) is 24.0 Å². The standard InChI is InChI=1S/C15H13BrN2OS/c1-20-12-8-6-11(7-9-12)10-17-18-15(19)13-4-2-3-5-14(13)16/h2-10H,1H3,(H,18,19)/b17-10-. The first-order valence-corrected chi connectivity index (χ1v) is 7.94. The van der Waals surface area contributed by atoms with Crippen molar-refractivity contribution in [2.75, 3.05) is 6.26 Å². The lowest BCUT2D eigenvalue weighted by Gasteiger charge is -2.02. The molecule has 1 amide bonds. The van der Waals surface area contributed by atoms with Crippen LogP contribution < -0.4 is 5.43 Å². The number of nitrogens with one attached hydrogen (secondary N) is 1. The first-order chi connectivity index (χ1) is 9.70. The van der Waals surface area contributed by atoms with Gasteiger partial charge in [-0.15, -0.1) is 11.8 Å². The predicted molar refractivity (Wildman–Crippen MR) is 87.4 cm³/mol. The second-order valence-electron chi connectivity index (χ2n) is 3.95. The summed E-state index contributed by atoms with van der Waals surface area (Å²) in [6, 6.07) is 15.2. The van der Waals surface area contributed by atoms with E-state index in [9.17, 15) is 4.79 Å². The number of hydrogen-bond donors (Lipinski definition) is 1. The molecule has 0 aromatic heterocycles. The van der Waals surface area contributed by atoms with Crippen molar-refractivity contribution in [1.82, 2.24) is 5.43 Å². The summed E-state index contributed by atoms with van der Waals surface area (Å²) in [6.45, 7) is 0. The monoisotopic (exact) mass is 348 g/mol. The van der Waals surface area contributed by atoms with Crippen molar-refractivity contribution in [1.29, 1.82) is 0 Å². The molecular formula is C15H13BrN2OS. The highest BCUT2D eigenvalue weighted by molar-refractivity contribution is 9.10.